The van der Waals surface area contributed by atoms with Crippen molar-refractivity contribution in [3.05, 3.63) is 59.7 Å². The Bertz CT molecular complexity index is 1120. The van der Waals surface area contributed by atoms with E-state index in [1.165, 1.54) is 18.2 Å². The molecule has 1 aliphatic heterocycles. The molecule has 1 saturated carbocycles. The average molecular weight is 517 g/mol. The molecule has 2 N–H and O–H groups in total. The molecule has 2 aromatic carbocycles. The number of amides is 1. The molecule has 2 aliphatic rings. The topological polar surface area (TPSA) is 84.5 Å². The van der Waals surface area contributed by atoms with Gasteiger partial charge < -0.3 is 15.4 Å². The van der Waals surface area contributed by atoms with E-state index in [1.54, 1.807) is 24.3 Å². The molecular weight excluding hydrogens is 485 g/mol. The van der Waals surface area contributed by atoms with Crippen LogP contribution in [0, 0.1) is 11.3 Å². The third kappa shape index (κ3) is 6.77. The van der Waals surface area contributed by atoms with Crippen LogP contribution in [-0.4, -0.2) is 30.7 Å². The lowest BCUT2D eigenvalue weighted by atomic mass is 9.80. The normalized spacial score (nSPS) is 21.7. The van der Waals surface area contributed by atoms with Crippen molar-refractivity contribution in [1.29, 1.82) is 0 Å². The highest BCUT2D eigenvalue weighted by Gasteiger charge is 2.42. The van der Waals surface area contributed by atoms with Gasteiger partial charge in [-0.1, -0.05) is 24.3 Å². The summed E-state index contributed by atoms with van der Waals surface area (Å²) in [7, 11) is 0. The number of hydrogen-bond donors (Lipinski definition) is 2. The third-order valence-corrected chi connectivity index (χ3v) is 7.28. The van der Waals surface area contributed by atoms with Gasteiger partial charge in [-0.15, -0.1) is 0 Å². The van der Waals surface area contributed by atoms with Crippen molar-refractivity contribution in [3.8, 4) is 0 Å². The zero-order chi connectivity index (χ0) is 26.5. The Labute approximate surface area is 214 Å². The van der Waals surface area contributed by atoms with Crippen LogP contribution in [0.3, 0.4) is 0 Å². The van der Waals surface area contributed by atoms with E-state index in [1.807, 2.05) is 0 Å². The van der Waals surface area contributed by atoms with E-state index >= 15 is 0 Å². The van der Waals surface area contributed by atoms with Gasteiger partial charge in [-0.05, 0) is 55.5 Å². The number of carbonyl (C=O) groups excluding carboxylic acids is 3. The number of carbonyl (C=O) groups is 3. The van der Waals surface area contributed by atoms with Crippen LogP contribution in [0.5, 0.6) is 0 Å². The largest absolute Gasteiger partial charge is 0.418 e. The predicted octanol–water partition coefficient (Wildman–Crippen LogP) is 5.58. The summed E-state index contributed by atoms with van der Waals surface area (Å²) in [5.41, 5.74) is -0.153. The fraction of sp³-hybridized carbons (Fsp3) is 0.464. The van der Waals surface area contributed by atoms with Gasteiger partial charge in [-0.25, -0.2) is 0 Å². The first-order chi connectivity index (χ1) is 17.7. The maximum absolute atomic E-state index is 13.2. The van der Waals surface area contributed by atoms with Gasteiger partial charge in [0, 0.05) is 44.0 Å². The Hall–Kier alpha value is -3.20. The van der Waals surface area contributed by atoms with E-state index in [-0.39, 0.29) is 35.6 Å². The molecule has 37 heavy (non-hydrogen) atoms. The Balaban J connectivity index is 1.30. The molecule has 198 valence electrons. The Morgan fingerprint density at radius 3 is 2.49 bits per heavy atom. The molecule has 0 radical (unpaired) electrons. The standard InChI is InChI=1S/C28H31F3N2O4/c29-28(30,31)23-4-1-2-5-24(23)33-21-10-7-19(8-11-21)17-32-26(36)27(14-15-37-18-27)13-3-6-25(35)20-9-12-22(34)16-20/h1-2,4-5,7-8,10-11,20,33H,3,6,9,12-18H2,(H,32,36)/t20?,27-/m1/s1. The number of para-hydroxylation sites is 1. The number of hydrogen-bond acceptors (Lipinski definition) is 5. The first kappa shape index (κ1) is 26.9. The summed E-state index contributed by atoms with van der Waals surface area (Å²) in [4.78, 5) is 37.0. The molecule has 6 nitrogen and oxygen atoms in total. The molecule has 0 spiro atoms. The van der Waals surface area contributed by atoms with Crippen molar-refractivity contribution in [2.75, 3.05) is 18.5 Å². The summed E-state index contributed by atoms with van der Waals surface area (Å²) < 4.78 is 45.2. The molecule has 0 aromatic heterocycles. The number of Topliss-reactive ketones (excluding diaryl/α,β-unsaturated/α-hetero) is 2. The molecular formula is C28H31F3N2O4. The van der Waals surface area contributed by atoms with Gasteiger partial charge in [0.15, 0.2) is 0 Å². The zero-order valence-electron chi connectivity index (χ0n) is 20.5. The van der Waals surface area contributed by atoms with Crippen LogP contribution in [-0.2, 0) is 31.8 Å². The molecule has 2 fully saturated rings. The Morgan fingerprint density at radius 1 is 1.08 bits per heavy atom. The van der Waals surface area contributed by atoms with E-state index in [2.05, 4.69) is 10.6 Å². The van der Waals surface area contributed by atoms with E-state index in [0.29, 0.717) is 63.8 Å². The van der Waals surface area contributed by atoms with Crippen LogP contribution in [0.25, 0.3) is 0 Å². The molecule has 1 heterocycles. The fourth-order valence-electron chi connectivity index (χ4n) is 5.06. The number of anilines is 2. The number of alkyl halides is 3. The summed E-state index contributed by atoms with van der Waals surface area (Å²) in [6.45, 7) is 1.05. The minimum Gasteiger partial charge on any atom is -0.380 e. The summed E-state index contributed by atoms with van der Waals surface area (Å²) in [6.07, 6.45) is -0.959. The first-order valence-corrected chi connectivity index (χ1v) is 12.6. The molecule has 2 atom stereocenters. The molecule has 1 amide bonds. The van der Waals surface area contributed by atoms with Gasteiger partial charge in [0.1, 0.15) is 11.6 Å². The second-order valence-electron chi connectivity index (χ2n) is 9.93. The van der Waals surface area contributed by atoms with Crippen LogP contribution < -0.4 is 10.6 Å². The highest BCUT2D eigenvalue weighted by atomic mass is 19.4. The molecule has 1 aliphatic carbocycles. The number of rotatable bonds is 10. The number of ether oxygens (including phenoxy) is 1. The van der Waals surface area contributed by atoms with Gasteiger partial charge in [0.25, 0.3) is 0 Å². The lowest BCUT2D eigenvalue weighted by Crippen LogP contribution is -2.41. The van der Waals surface area contributed by atoms with Crippen molar-refractivity contribution < 1.29 is 32.3 Å². The number of benzene rings is 2. The highest BCUT2D eigenvalue weighted by molar-refractivity contribution is 5.91. The summed E-state index contributed by atoms with van der Waals surface area (Å²) >= 11 is 0. The number of ketones is 2. The maximum atomic E-state index is 13.2. The van der Waals surface area contributed by atoms with Crippen LogP contribution in [0.1, 0.15) is 56.1 Å². The third-order valence-electron chi connectivity index (χ3n) is 7.28. The Morgan fingerprint density at radius 2 is 1.84 bits per heavy atom. The van der Waals surface area contributed by atoms with Crippen molar-refractivity contribution in [3.63, 3.8) is 0 Å². The fourth-order valence-corrected chi connectivity index (χ4v) is 5.06. The van der Waals surface area contributed by atoms with E-state index in [4.69, 9.17) is 4.74 Å². The quantitative estimate of drug-likeness (QED) is 0.431. The molecule has 1 unspecified atom stereocenters. The van der Waals surface area contributed by atoms with Crippen molar-refractivity contribution in [2.24, 2.45) is 11.3 Å². The summed E-state index contributed by atoms with van der Waals surface area (Å²) in [6, 6.07) is 12.1. The predicted molar refractivity (Wildman–Crippen MR) is 132 cm³/mol. The summed E-state index contributed by atoms with van der Waals surface area (Å²) in [5.74, 6) is -0.0495. The summed E-state index contributed by atoms with van der Waals surface area (Å²) in [5, 5.41) is 5.77. The second-order valence-corrected chi connectivity index (χ2v) is 9.93. The molecule has 2 aromatic rings. The number of nitrogens with one attached hydrogen (secondary N) is 2. The van der Waals surface area contributed by atoms with E-state index < -0.39 is 17.2 Å². The molecule has 9 heteroatoms. The van der Waals surface area contributed by atoms with E-state index in [9.17, 15) is 27.6 Å². The van der Waals surface area contributed by atoms with Crippen LogP contribution >= 0.6 is 0 Å². The molecule has 0 bridgehead atoms. The minimum atomic E-state index is -4.46. The SMILES string of the molecule is O=C1CCC(C(=O)CCC[C@@]2(C(=O)NCc3ccc(Nc4ccccc4C(F)(F)F)cc3)CCOC2)C1. The smallest absolute Gasteiger partial charge is 0.380 e. The van der Waals surface area contributed by atoms with Crippen LogP contribution in [0.2, 0.25) is 0 Å². The van der Waals surface area contributed by atoms with Crippen molar-refractivity contribution >= 4 is 28.8 Å². The van der Waals surface area contributed by atoms with Crippen LogP contribution in [0.15, 0.2) is 48.5 Å². The van der Waals surface area contributed by atoms with Crippen molar-refractivity contribution in [1.82, 2.24) is 5.32 Å². The molecule has 4 rings (SSSR count). The second kappa shape index (κ2) is 11.5. The maximum Gasteiger partial charge on any atom is 0.418 e. The Kier molecular flexibility index (Phi) is 8.32. The molecule has 1 saturated heterocycles. The van der Waals surface area contributed by atoms with Gasteiger partial charge in [0.2, 0.25) is 5.91 Å². The van der Waals surface area contributed by atoms with Gasteiger partial charge in [-0.3, -0.25) is 14.4 Å². The lowest BCUT2D eigenvalue weighted by Gasteiger charge is -2.26. The van der Waals surface area contributed by atoms with Gasteiger partial charge >= 0.3 is 6.18 Å². The van der Waals surface area contributed by atoms with Crippen molar-refractivity contribution in [2.45, 2.75) is 57.7 Å². The zero-order valence-corrected chi connectivity index (χ0v) is 20.5. The van der Waals surface area contributed by atoms with Gasteiger partial charge in [0.05, 0.1) is 23.3 Å². The number of halogens is 3. The van der Waals surface area contributed by atoms with Crippen LogP contribution in [0.4, 0.5) is 24.5 Å². The average Bonchev–Trinajstić information content (AvgIpc) is 3.53. The van der Waals surface area contributed by atoms with E-state index in [0.717, 1.165) is 11.6 Å². The first-order valence-electron chi connectivity index (χ1n) is 12.6. The highest BCUT2D eigenvalue weighted by Crippen LogP contribution is 2.37. The van der Waals surface area contributed by atoms with Gasteiger partial charge in [-0.2, -0.15) is 13.2 Å². The lowest BCUT2D eigenvalue weighted by molar-refractivity contribution is -0.137. The minimum absolute atomic E-state index is 0.0303. The monoisotopic (exact) mass is 516 g/mol.